The molecule has 0 fully saturated rings. The Morgan fingerprint density at radius 1 is 0.850 bits per heavy atom. The van der Waals surface area contributed by atoms with Crippen LogP contribution < -0.4 is 16.4 Å². The van der Waals surface area contributed by atoms with Crippen LogP contribution in [-0.4, -0.2) is 11.9 Å². The van der Waals surface area contributed by atoms with Gasteiger partial charge in [0.25, 0.3) is 0 Å². The monoisotopic (exact) mass is 273 g/mol. The highest BCUT2D eigenvalue weighted by atomic mass is 19.1. The standard InChI is InChI=1S/C14H12FN3O2/c15-10-3-7-12(8-4-10)18-14(20)17-11-5-1-9(2-6-11)13(16)19/h1-8H,(H2,16,19)(H2,17,18,20). The second-order valence-electron chi connectivity index (χ2n) is 4.03. The van der Waals surface area contributed by atoms with Gasteiger partial charge in [-0.25, -0.2) is 9.18 Å². The van der Waals surface area contributed by atoms with Gasteiger partial charge in [-0.2, -0.15) is 0 Å². The van der Waals surface area contributed by atoms with Gasteiger partial charge in [-0.1, -0.05) is 0 Å². The number of halogens is 1. The molecule has 0 radical (unpaired) electrons. The predicted octanol–water partition coefficient (Wildman–Crippen LogP) is 2.57. The Labute approximate surface area is 114 Å². The van der Waals surface area contributed by atoms with E-state index in [9.17, 15) is 14.0 Å². The highest BCUT2D eigenvalue weighted by Crippen LogP contribution is 2.11. The molecule has 0 spiro atoms. The van der Waals surface area contributed by atoms with Crippen LogP contribution in [0.2, 0.25) is 0 Å². The Kier molecular flexibility index (Phi) is 3.95. The summed E-state index contributed by atoms with van der Waals surface area (Å²) < 4.78 is 12.7. The molecule has 0 aliphatic heterocycles. The predicted molar refractivity (Wildman–Crippen MR) is 74.0 cm³/mol. The van der Waals surface area contributed by atoms with E-state index in [1.54, 1.807) is 12.1 Å². The van der Waals surface area contributed by atoms with Crippen molar-refractivity contribution in [3.8, 4) is 0 Å². The third kappa shape index (κ3) is 3.55. The van der Waals surface area contributed by atoms with Crippen LogP contribution in [0.25, 0.3) is 0 Å². The Hall–Kier alpha value is -2.89. The molecular formula is C14H12FN3O2. The molecule has 6 heteroatoms. The molecule has 0 aromatic heterocycles. The van der Waals surface area contributed by atoms with Crippen molar-refractivity contribution in [2.75, 3.05) is 10.6 Å². The van der Waals surface area contributed by atoms with Gasteiger partial charge in [0.2, 0.25) is 5.91 Å². The number of amides is 3. The number of hydrogen-bond donors (Lipinski definition) is 3. The van der Waals surface area contributed by atoms with E-state index >= 15 is 0 Å². The van der Waals surface area contributed by atoms with E-state index in [1.165, 1.54) is 36.4 Å². The maximum atomic E-state index is 12.7. The Morgan fingerprint density at radius 2 is 1.30 bits per heavy atom. The van der Waals surface area contributed by atoms with Gasteiger partial charge in [-0.15, -0.1) is 0 Å². The summed E-state index contributed by atoms with van der Waals surface area (Å²) in [6, 6.07) is 11.1. The summed E-state index contributed by atoms with van der Waals surface area (Å²) >= 11 is 0. The summed E-state index contributed by atoms with van der Waals surface area (Å²) in [5.74, 6) is -0.912. The number of carbonyl (C=O) groups is 2. The van der Waals surface area contributed by atoms with Crippen molar-refractivity contribution >= 4 is 23.3 Å². The van der Waals surface area contributed by atoms with Crippen molar-refractivity contribution in [2.45, 2.75) is 0 Å². The van der Waals surface area contributed by atoms with Gasteiger partial charge in [-0.05, 0) is 48.5 Å². The summed E-state index contributed by atoms with van der Waals surface area (Å²) in [6.07, 6.45) is 0. The molecule has 4 N–H and O–H groups in total. The van der Waals surface area contributed by atoms with Crippen LogP contribution in [-0.2, 0) is 0 Å². The molecule has 0 heterocycles. The van der Waals surface area contributed by atoms with E-state index in [4.69, 9.17) is 5.73 Å². The van der Waals surface area contributed by atoms with Crippen LogP contribution >= 0.6 is 0 Å². The molecule has 102 valence electrons. The first kappa shape index (κ1) is 13.5. The first-order valence-corrected chi connectivity index (χ1v) is 5.78. The minimum Gasteiger partial charge on any atom is -0.366 e. The third-order valence-corrected chi connectivity index (χ3v) is 2.53. The van der Waals surface area contributed by atoms with Crippen molar-refractivity contribution < 1.29 is 14.0 Å². The zero-order valence-corrected chi connectivity index (χ0v) is 10.4. The molecule has 0 saturated carbocycles. The fourth-order valence-electron chi connectivity index (χ4n) is 1.54. The van der Waals surface area contributed by atoms with Crippen molar-refractivity contribution in [1.29, 1.82) is 0 Å². The number of anilines is 2. The zero-order chi connectivity index (χ0) is 14.5. The Balaban J connectivity index is 1.97. The summed E-state index contributed by atoms with van der Waals surface area (Å²) in [5.41, 5.74) is 6.45. The van der Waals surface area contributed by atoms with Crippen LogP contribution in [0.15, 0.2) is 48.5 Å². The van der Waals surface area contributed by atoms with E-state index in [1.807, 2.05) is 0 Å². The summed E-state index contributed by atoms with van der Waals surface area (Å²) in [7, 11) is 0. The fraction of sp³-hybridized carbons (Fsp3) is 0. The number of primary amides is 1. The molecule has 0 bridgehead atoms. The first-order valence-electron chi connectivity index (χ1n) is 5.78. The lowest BCUT2D eigenvalue weighted by Gasteiger charge is -2.07. The van der Waals surface area contributed by atoms with Gasteiger partial charge >= 0.3 is 6.03 Å². The van der Waals surface area contributed by atoms with Gasteiger partial charge in [0.05, 0.1) is 0 Å². The molecule has 0 saturated heterocycles. The van der Waals surface area contributed by atoms with Crippen LogP contribution in [0.4, 0.5) is 20.6 Å². The van der Waals surface area contributed by atoms with Crippen molar-refractivity contribution in [1.82, 2.24) is 0 Å². The largest absolute Gasteiger partial charge is 0.366 e. The number of nitrogens with two attached hydrogens (primary N) is 1. The Morgan fingerprint density at radius 3 is 1.75 bits per heavy atom. The lowest BCUT2D eigenvalue weighted by atomic mass is 10.2. The summed E-state index contributed by atoms with van der Waals surface area (Å²) in [4.78, 5) is 22.6. The number of hydrogen-bond acceptors (Lipinski definition) is 2. The zero-order valence-electron chi connectivity index (χ0n) is 10.4. The lowest BCUT2D eigenvalue weighted by Crippen LogP contribution is -2.19. The number of benzene rings is 2. The topological polar surface area (TPSA) is 84.2 Å². The maximum absolute atomic E-state index is 12.7. The lowest BCUT2D eigenvalue weighted by molar-refractivity contribution is 0.100. The number of carbonyl (C=O) groups excluding carboxylic acids is 2. The average molecular weight is 273 g/mol. The molecule has 20 heavy (non-hydrogen) atoms. The number of rotatable bonds is 3. The normalized spacial score (nSPS) is 9.85. The minimum atomic E-state index is -0.535. The summed E-state index contributed by atoms with van der Waals surface area (Å²) in [5, 5.41) is 5.12. The first-order chi connectivity index (χ1) is 9.54. The highest BCUT2D eigenvalue weighted by Gasteiger charge is 2.04. The molecule has 0 unspecified atom stereocenters. The molecule has 3 amide bonds. The highest BCUT2D eigenvalue weighted by molar-refractivity contribution is 6.00. The van der Waals surface area contributed by atoms with Crippen LogP contribution in [0.5, 0.6) is 0 Å². The third-order valence-electron chi connectivity index (χ3n) is 2.53. The summed E-state index contributed by atoms with van der Waals surface area (Å²) in [6.45, 7) is 0. The van der Waals surface area contributed by atoms with Crippen LogP contribution in [0.3, 0.4) is 0 Å². The van der Waals surface area contributed by atoms with Crippen LogP contribution in [0, 0.1) is 5.82 Å². The molecule has 2 aromatic carbocycles. The molecule has 2 aromatic rings. The van der Waals surface area contributed by atoms with Gasteiger partial charge < -0.3 is 16.4 Å². The molecule has 2 rings (SSSR count). The van der Waals surface area contributed by atoms with E-state index in [-0.39, 0.29) is 5.82 Å². The number of nitrogens with one attached hydrogen (secondary N) is 2. The van der Waals surface area contributed by atoms with Crippen molar-refractivity contribution in [3.05, 3.63) is 59.9 Å². The fourth-order valence-corrected chi connectivity index (χ4v) is 1.54. The van der Waals surface area contributed by atoms with Gasteiger partial charge in [0, 0.05) is 16.9 Å². The van der Waals surface area contributed by atoms with E-state index in [0.717, 1.165) is 0 Å². The molecule has 5 nitrogen and oxygen atoms in total. The second-order valence-corrected chi connectivity index (χ2v) is 4.03. The average Bonchev–Trinajstić information content (AvgIpc) is 2.42. The second kappa shape index (κ2) is 5.83. The van der Waals surface area contributed by atoms with E-state index < -0.39 is 11.9 Å². The van der Waals surface area contributed by atoms with E-state index in [2.05, 4.69) is 10.6 Å². The van der Waals surface area contributed by atoms with Crippen molar-refractivity contribution in [3.63, 3.8) is 0 Å². The smallest absolute Gasteiger partial charge is 0.323 e. The van der Waals surface area contributed by atoms with Gasteiger partial charge in [0.1, 0.15) is 5.82 Å². The molecule has 0 atom stereocenters. The van der Waals surface area contributed by atoms with Crippen LogP contribution in [0.1, 0.15) is 10.4 Å². The van der Waals surface area contributed by atoms with Crippen molar-refractivity contribution in [2.24, 2.45) is 5.73 Å². The SMILES string of the molecule is NC(=O)c1ccc(NC(=O)Nc2ccc(F)cc2)cc1. The van der Waals surface area contributed by atoms with Gasteiger partial charge in [0.15, 0.2) is 0 Å². The molecular weight excluding hydrogens is 261 g/mol. The quantitative estimate of drug-likeness (QED) is 0.803. The number of urea groups is 1. The molecule has 0 aliphatic carbocycles. The van der Waals surface area contributed by atoms with E-state index in [0.29, 0.717) is 16.9 Å². The molecule has 0 aliphatic rings. The van der Waals surface area contributed by atoms with Gasteiger partial charge in [-0.3, -0.25) is 4.79 Å². The Bertz CT molecular complexity index is 624. The minimum absolute atomic E-state index is 0.356. The maximum Gasteiger partial charge on any atom is 0.323 e.